The molecule has 6 aliphatic heterocycles. The molecule has 4 aromatic carbocycles. The standard InChI is InChI=1S/C61H69F2N9O10S/c1-36(2)81-54-7-5-4-6-44(54)53-33-69(37(3)39-8-11-46(62)47(63)26-39)21-22-70(53)42-31-61(32-42)16-19-68(20-17-61)41-9-10-45(50(28-41)71-49-15-25-79-35-56(49)82-60-52(71)27-40-12-18-64-58(40)66-60)59(73)67-83(76,77)43-29-51(72(74)75)57-55(30-43)80-34-48(65-57)38-13-23-78-24-14-38/h4-12,18,26-30,36-38,42,48-49,53,56,65H,13-17,19-25,31-35H2,1-3H3,(H,64,66)(H,67,73)/t37-,48+,49+,53+,56+/m1/s1. The van der Waals surface area contributed by atoms with E-state index in [1.165, 1.54) is 18.2 Å². The molecule has 1 spiro atoms. The van der Waals surface area contributed by atoms with Crippen LogP contribution in [-0.2, 0) is 19.5 Å². The van der Waals surface area contributed by atoms with E-state index in [1.54, 1.807) is 18.3 Å². The number of anilines is 4. The fourth-order valence-electron chi connectivity index (χ4n) is 14.0. The number of carbonyl (C=O) groups excluding carboxylic acids is 1. The number of nitro groups is 1. The van der Waals surface area contributed by atoms with Gasteiger partial charge >= 0.3 is 0 Å². The molecule has 2 aromatic heterocycles. The highest BCUT2D eigenvalue weighted by atomic mass is 32.2. The van der Waals surface area contributed by atoms with Gasteiger partial charge in [-0.25, -0.2) is 21.9 Å². The van der Waals surface area contributed by atoms with Crippen LogP contribution in [0.1, 0.15) is 99.3 Å². The Balaban J connectivity index is 0.776. The molecule has 0 bridgehead atoms. The molecule has 438 valence electrons. The lowest BCUT2D eigenvalue weighted by Gasteiger charge is -2.58. The zero-order chi connectivity index (χ0) is 57.3. The van der Waals surface area contributed by atoms with Gasteiger partial charge in [-0.1, -0.05) is 24.3 Å². The normalized spacial score (nSPS) is 23.5. The summed E-state index contributed by atoms with van der Waals surface area (Å²) in [6, 6.07) is 23.6. The van der Waals surface area contributed by atoms with Crippen LogP contribution >= 0.6 is 0 Å². The molecule has 83 heavy (non-hydrogen) atoms. The zero-order valence-electron chi connectivity index (χ0n) is 46.7. The third-order valence-electron chi connectivity index (χ3n) is 18.5. The molecule has 1 saturated carbocycles. The van der Waals surface area contributed by atoms with Crippen molar-refractivity contribution in [2.45, 2.75) is 113 Å². The summed E-state index contributed by atoms with van der Waals surface area (Å²) in [4.78, 5) is 43.8. The van der Waals surface area contributed by atoms with E-state index in [-0.39, 0.29) is 71.8 Å². The number of benzene rings is 4. The summed E-state index contributed by atoms with van der Waals surface area (Å²) in [6.45, 7) is 11.9. The highest BCUT2D eigenvalue weighted by Crippen LogP contribution is 2.54. The number of H-pyrrole nitrogens is 1. The van der Waals surface area contributed by atoms with Crippen molar-refractivity contribution in [2.75, 3.05) is 80.9 Å². The molecule has 0 radical (unpaired) electrons. The van der Waals surface area contributed by atoms with E-state index in [0.29, 0.717) is 61.7 Å². The number of aromatic amines is 1. The van der Waals surface area contributed by atoms with Crippen molar-refractivity contribution < 1.29 is 50.6 Å². The Bertz CT molecular complexity index is 3570. The number of hydrogen-bond donors (Lipinski definition) is 3. The highest BCUT2D eigenvalue weighted by molar-refractivity contribution is 7.90. The quantitative estimate of drug-likeness (QED) is 0.0727. The second-order valence-corrected chi connectivity index (χ2v) is 25.4. The van der Waals surface area contributed by atoms with E-state index < -0.39 is 49.2 Å². The van der Waals surface area contributed by atoms with E-state index in [2.05, 4.69) is 53.7 Å². The molecule has 3 N–H and O–H groups in total. The second kappa shape index (κ2) is 22.1. The Morgan fingerprint density at radius 1 is 0.892 bits per heavy atom. The van der Waals surface area contributed by atoms with Gasteiger partial charge in [0, 0.05) is 99.6 Å². The summed E-state index contributed by atoms with van der Waals surface area (Å²) >= 11 is 0. The minimum Gasteiger partial charge on any atom is -0.491 e. The third kappa shape index (κ3) is 10.6. The Kier molecular flexibility index (Phi) is 14.7. The van der Waals surface area contributed by atoms with Crippen LogP contribution in [0.3, 0.4) is 0 Å². The SMILES string of the molecule is CC(C)Oc1ccccc1[C@@H]1CN([C@H](C)c2ccc(F)c(F)c2)CCN1C1CC2(CCN(c3ccc(C(=O)NS(=O)(=O)c4cc5c(c([N+](=O)[O-])c4)N[C@H](C4CCOCC4)CO5)c(N4c5cc6cc[nH]c6nc5O[C@H]5COCC[C@@H]54)c3)CC2)C1. The van der Waals surface area contributed by atoms with Gasteiger partial charge in [-0.05, 0) is 131 Å². The lowest BCUT2D eigenvalue weighted by atomic mass is 9.59. The fraction of sp³-hybridized carbons (Fsp3) is 0.475. The molecule has 19 nitrogen and oxygen atoms in total. The van der Waals surface area contributed by atoms with Gasteiger partial charge in [0.1, 0.15) is 29.8 Å². The number of hydrogen-bond acceptors (Lipinski definition) is 16. The number of piperazine rings is 1. The van der Waals surface area contributed by atoms with Gasteiger partial charge in [-0.15, -0.1) is 0 Å². The van der Waals surface area contributed by atoms with E-state index in [1.807, 2.05) is 50.2 Å². The van der Waals surface area contributed by atoms with Crippen molar-refractivity contribution in [3.8, 4) is 17.4 Å². The van der Waals surface area contributed by atoms with E-state index in [0.717, 1.165) is 98.7 Å². The first-order valence-electron chi connectivity index (χ1n) is 29.1. The Hall–Kier alpha value is -7.11. The number of pyridine rings is 1. The van der Waals surface area contributed by atoms with E-state index >= 15 is 0 Å². The molecule has 13 rings (SSSR count). The molecule has 0 unspecified atom stereocenters. The predicted octanol–water partition coefficient (Wildman–Crippen LogP) is 9.81. The van der Waals surface area contributed by atoms with Gasteiger partial charge in [0.05, 0.1) is 51.9 Å². The minimum atomic E-state index is -4.74. The van der Waals surface area contributed by atoms with Crippen LogP contribution in [0.5, 0.6) is 17.4 Å². The number of ether oxygens (including phenoxy) is 5. The molecule has 6 aromatic rings. The number of nitro benzene ring substituents is 1. The van der Waals surface area contributed by atoms with Crippen molar-refractivity contribution in [1.82, 2.24) is 24.5 Å². The molecular formula is C61H69F2N9O10S. The van der Waals surface area contributed by atoms with Gasteiger partial charge in [0.15, 0.2) is 23.1 Å². The van der Waals surface area contributed by atoms with Crippen LogP contribution in [0, 0.1) is 33.1 Å². The average molecular weight is 1160 g/mol. The van der Waals surface area contributed by atoms with Crippen LogP contribution in [0.4, 0.5) is 37.2 Å². The summed E-state index contributed by atoms with van der Waals surface area (Å²) in [6.07, 6.45) is 7.25. The van der Waals surface area contributed by atoms with Crippen molar-refractivity contribution in [3.05, 3.63) is 130 Å². The number of rotatable bonds is 13. The summed E-state index contributed by atoms with van der Waals surface area (Å²) < 4.78 is 90.3. The first-order chi connectivity index (χ1) is 40.1. The van der Waals surface area contributed by atoms with E-state index in [9.17, 15) is 32.1 Å². The minimum absolute atomic E-state index is 0.000351. The number of amides is 1. The summed E-state index contributed by atoms with van der Waals surface area (Å²) in [5, 5.41) is 16.7. The molecule has 5 fully saturated rings. The van der Waals surface area contributed by atoms with Crippen LogP contribution in [-0.4, -0.2) is 135 Å². The largest absolute Gasteiger partial charge is 0.491 e. The van der Waals surface area contributed by atoms with Crippen LogP contribution < -0.4 is 34.0 Å². The summed E-state index contributed by atoms with van der Waals surface area (Å²) in [5.41, 5.74) is 4.17. The molecule has 1 amide bonds. The van der Waals surface area contributed by atoms with Gasteiger partial charge in [-0.3, -0.25) is 24.7 Å². The number of fused-ring (bicyclic) bond motifs is 4. The third-order valence-corrected chi connectivity index (χ3v) is 19.8. The van der Waals surface area contributed by atoms with Crippen LogP contribution in [0.2, 0.25) is 0 Å². The number of halogens is 2. The first kappa shape index (κ1) is 55.1. The second-order valence-electron chi connectivity index (χ2n) is 23.8. The van der Waals surface area contributed by atoms with Gasteiger partial charge < -0.3 is 43.8 Å². The maximum absolute atomic E-state index is 14.9. The molecular weight excluding hydrogens is 1090 g/mol. The Morgan fingerprint density at radius 3 is 2.47 bits per heavy atom. The first-order valence-corrected chi connectivity index (χ1v) is 30.5. The maximum atomic E-state index is 14.9. The number of piperidine rings is 1. The molecule has 1 aliphatic carbocycles. The van der Waals surface area contributed by atoms with Crippen molar-refractivity contribution in [2.24, 2.45) is 11.3 Å². The molecule has 8 heterocycles. The molecule has 5 atom stereocenters. The smallest absolute Gasteiger partial charge is 0.297 e. The topological polar surface area (TPSA) is 206 Å². The van der Waals surface area contributed by atoms with Crippen LogP contribution in [0.25, 0.3) is 11.0 Å². The molecule has 22 heteroatoms. The molecule has 7 aliphatic rings. The van der Waals surface area contributed by atoms with Crippen molar-refractivity contribution in [1.29, 1.82) is 0 Å². The predicted molar refractivity (Wildman–Crippen MR) is 307 cm³/mol. The monoisotopic (exact) mass is 1160 g/mol. The van der Waals surface area contributed by atoms with Gasteiger partial charge in [0.2, 0.25) is 5.88 Å². The summed E-state index contributed by atoms with van der Waals surface area (Å²) in [7, 11) is -4.74. The lowest BCUT2D eigenvalue weighted by molar-refractivity contribution is -0.384. The van der Waals surface area contributed by atoms with E-state index in [4.69, 9.17) is 28.7 Å². The highest BCUT2D eigenvalue weighted by Gasteiger charge is 2.51. The van der Waals surface area contributed by atoms with Gasteiger partial charge in [-0.2, -0.15) is 4.98 Å². The lowest BCUT2D eigenvalue weighted by Crippen LogP contribution is -2.60. The fourth-order valence-corrected chi connectivity index (χ4v) is 15.0. The maximum Gasteiger partial charge on any atom is 0.297 e. The van der Waals surface area contributed by atoms with Crippen molar-refractivity contribution in [3.63, 3.8) is 0 Å². The number of sulfonamides is 1. The number of nitrogens with one attached hydrogen (secondary N) is 3. The zero-order valence-corrected chi connectivity index (χ0v) is 47.5. The number of aromatic nitrogens is 2. The van der Waals surface area contributed by atoms with Crippen LogP contribution in [0.15, 0.2) is 96.0 Å². The summed E-state index contributed by atoms with van der Waals surface area (Å²) in [5.74, 6) is -1.29. The Morgan fingerprint density at radius 2 is 1.69 bits per heavy atom. The number of nitrogens with zero attached hydrogens (tertiary/aromatic N) is 6. The van der Waals surface area contributed by atoms with Gasteiger partial charge in [0.25, 0.3) is 21.6 Å². The number of carbonyl (C=O) groups is 1. The average Bonchev–Trinajstić information content (AvgIpc) is 4.09. The van der Waals surface area contributed by atoms with Crippen molar-refractivity contribution >= 4 is 55.4 Å². The number of para-hydroxylation sites is 1. The molecule has 4 saturated heterocycles. The Labute approximate surface area is 480 Å².